The predicted molar refractivity (Wildman–Crippen MR) is 121 cm³/mol. The first-order chi connectivity index (χ1) is 14.2. The quantitative estimate of drug-likeness (QED) is 0.409. The number of nitrogens with one attached hydrogen (secondary N) is 2. The van der Waals surface area contributed by atoms with Crippen molar-refractivity contribution in [2.45, 2.75) is 33.0 Å². The third kappa shape index (κ3) is 5.01. The number of aliphatic hydroxyl groups is 1. The molecule has 2 heterocycles. The number of hydrogen-bond donors (Lipinski definition) is 3. The van der Waals surface area contributed by atoms with Gasteiger partial charge in [-0.3, -0.25) is 10.1 Å². The number of amides is 1. The Bertz CT molecular complexity index is 1090. The number of carbonyl (C=O) groups is 1. The Kier molecular flexibility index (Phi) is 7.15. The average molecular weight is 513 g/mol. The van der Waals surface area contributed by atoms with Gasteiger partial charge in [0.1, 0.15) is 11.9 Å². The smallest absolute Gasteiger partial charge is 0.274 e. The van der Waals surface area contributed by atoms with Crippen molar-refractivity contribution in [2.75, 3.05) is 5.32 Å². The van der Waals surface area contributed by atoms with Crippen LogP contribution in [0.1, 0.15) is 41.7 Å². The van der Waals surface area contributed by atoms with Gasteiger partial charge in [0.05, 0.1) is 10.7 Å². The maximum Gasteiger partial charge on any atom is 0.274 e. The first-order valence-corrected chi connectivity index (χ1v) is 10.6. The number of anilines is 1. The zero-order valence-corrected chi connectivity index (χ0v) is 19.5. The van der Waals surface area contributed by atoms with Crippen molar-refractivity contribution in [3.05, 3.63) is 68.0 Å². The Morgan fingerprint density at radius 2 is 2.00 bits per heavy atom. The minimum absolute atomic E-state index is 0.0365. The molecule has 0 radical (unpaired) electrons. The number of aliphatic hydroxyl groups excluding tert-OH is 1. The number of aromatic nitrogens is 3. The zero-order chi connectivity index (χ0) is 22.0. The molecular weight excluding hydrogens is 493 g/mol. The van der Waals surface area contributed by atoms with Crippen LogP contribution >= 0.6 is 39.1 Å². The summed E-state index contributed by atoms with van der Waals surface area (Å²) in [6.45, 7) is 5.68. The summed E-state index contributed by atoms with van der Waals surface area (Å²) in [5.41, 5.74) is 1.93. The monoisotopic (exact) mass is 511 g/mol. The highest BCUT2D eigenvalue weighted by molar-refractivity contribution is 9.10. The molecule has 0 saturated carbocycles. The molecule has 0 aliphatic heterocycles. The lowest BCUT2D eigenvalue weighted by atomic mass is 10.1. The van der Waals surface area contributed by atoms with Crippen molar-refractivity contribution in [2.24, 2.45) is 0 Å². The largest absolute Gasteiger partial charge is 0.374 e. The van der Waals surface area contributed by atoms with Crippen LogP contribution in [0.4, 0.5) is 5.69 Å². The minimum Gasteiger partial charge on any atom is -0.374 e. The Hall–Kier alpha value is -1.97. The van der Waals surface area contributed by atoms with E-state index in [1.54, 1.807) is 24.4 Å². The van der Waals surface area contributed by atoms with Gasteiger partial charge < -0.3 is 10.4 Å². The second-order valence-electron chi connectivity index (χ2n) is 6.94. The van der Waals surface area contributed by atoms with Crippen molar-refractivity contribution < 1.29 is 9.90 Å². The molecule has 0 saturated heterocycles. The molecule has 0 fully saturated rings. The Morgan fingerprint density at radius 3 is 2.67 bits per heavy atom. The van der Waals surface area contributed by atoms with Crippen LogP contribution in [0, 0.1) is 6.92 Å². The standard InChI is InChI=1S/C20H20BrCl2N5O2/c1-10(2)25-19(29)13-8-12(21)7-11(3)17(13)26-20(30)15-9-16(23)27-28(15)18-14(22)5-4-6-24-18/h4-10,19,25,29H,1-3H3,(H,26,30). The molecule has 0 bridgehead atoms. The second kappa shape index (κ2) is 9.45. The molecule has 10 heteroatoms. The van der Waals surface area contributed by atoms with Gasteiger partial charge in [-0.1, -0.05) is 39.1 Å². The highest BCUT2D eigenvalue weighted by atomic mass is 79.9. The van der Waals surface area contributed by atoms with Crippen molar-refractivity contribution in [3.63, 3.8) is 0 Å². The summed E-state index contributed by atoms with van der Waals surface area (Å²) < 4.78 is 2.07. The Labute approximate surface area is 192 Å². The molecular formula is C20H20BrCl2N5O2. The molecule has 7 nitrogen and oxygen atoms in total. The molecule has 0 spiro atoms. The highest BCUT2D eigenvalue weighted by Gasteiger charge is 2.22. The van der Waals surface area contributed by atoms with E-state index >= 15 is 0 Å². The molecule has 3 rings (SSSR count). The number of aryl methyl sites for hydroxylation is 1. The lowest BCUT2D eigenvalue weighted by Crippen LogP contribution is -2.29. The van der Waals surface area contributed by atoms with Crippen LogP contribution < -0.4 is 10.6 Å². The number of hydrogen-bond acceptors (Lipinski definition) is 5. The van der Waals surface area contributed by atoms with E-state index < -0.39 is 12.1 Å². The molecule has 3 N–H and O–H groups in total. The van der Waals surface area contributed by atoms with Gasteiger partial charge in [0.2, 0.25) is 0 Å². The van der Waals surface area contributed by atoms with Crippen LogP contribution in [-0.4, -0.2) is 31.8 Å². The molecule has 30 heavy (non-hydrogen) atoms. The van der Waals surface area contributed by atoms with Crippen LogP contribution in [0.15, 0.2) is 41.0 Å². The fourth-order valence-electron chi connectivity index (χ4n) is 2.95. The van der Waals surface area contributed by atoms with E-state index in [4.69, 9.17) is 23.2 Å². The molecule has 1 unspecified atom stereocenters. The summed E-state index contributed by atoms with van der Waals surface area (Å²) >= 11 is 15.7. The zero-order valence-electron chi connectivity index (χ0n) is 16.4. The number of carbonyl (C=O) groups excluding carboxylic acids is 1. The third-order valence-corrected chi connectivity index (χ3v) is 5.14. The molecule has 158 valence electrons. The molecule has 3 aromatic rings. The average Bonchev–Trinajstić information content (AvgIpc) is 3.05. The first-order valence-electron chi connectivity index (χ1n) is 9.09. The van der Waals surface area contributed by atoms with Crippen LogP contribution in [0.5, 0.6) is 0 Å². The number of pyridine rings is 1. The second-order valence-corrected chi connectivity index (χ2v) is 8.65. The van der Waals surface area contributed by atoms with Gasteiger partial charge in [-0.15, -0.1) is 0 Å². The molecule has 0 aliphatic carbocycles. The number of halogens is 3. The summed E-state index contributed by atoms with van der Waals surface area (Å²) in [6, 6.07) is 8.39. The highest BCUT2D eigenvalue weighted by Crippen LogP contribution is 2.31. The van der Waals surface area contributed by atoms with Crippen molar-refractivity contribution in [1.29, 1.82) is 0 Å². The molecule has 1 atom stereocenters. The van der Waals surface area contributed by atoms with Crippen molar-refractivity contribution in [1.82, 2.24) is 20.1 Å². The normalized spacial score (nSPS) is 12.3. The van der Waals surface area contributed by atoms with Gasteiger partial charge in [-0.2, -0.15) is 5.10 Å². The number of nitrogens with zero attached hydrogens (tertiary/aromatic N) is 3. The molecule has 0 aliphatic rings. The van der Waals surface area contributed by atoms with E-state index in [1.165, 1.54) is 10.7 Å². The summed E-state index contributed by atoms with van der Waals surface area (Å²) in [5, 5.41) is 21.1. The minimum atomic E-state index is -0.977. The van der Waals surface area contributed by atoms with Crippen molar-refractivity contribution in [3.8, 4) is 5.82 Å². The van der Waals surface area contributed by atoms with Crippen LogP contribution in [-0.2, 0) is 0 Å². The van der Waals surface area contributed by atoms with E-state index in [0.29, 0.717) is 16.3 Å². The van der Waals surface area contributed by atoms with E-state index in [-0.39, 0.29) is 22.7 Å². The van der Waals surface area contributed by atoms with Crippen molar-refractivity contribution >= 4 is 50.7 Å². The maximum absolute atomic E-state index is 13.2. The topological polar surface area (TPSA) is 92.1 Å². The lowest BCUT2D eigenvalue weighted by molar-refractivity contribution is 0.101. The van der Waals surface area contributed by atoms with E-state index in [0.717, 1.165) is 10.0 Å². The summed E-state index contributed by atoms with van der Waals surface area (Å²) in [7, 11) is 0. The molecule has 1 amide bonds. The first kappa shape index (κ1) is 22.7. The van der Waals surface area contributed by atoms with Crippen LogP contribution in [0.2, 0.25) is 10.2 Å². The fraction of sp³-hybridized carbons (Fsp3) is 0.250. The van der Waals surface area contributed by atoms with Gasteiger partial charge in [0.25, 0.3) is 5.91 Å². The summed E-state index contributed by atoms with van der Waals surface area (Å²) in [6.07, 6.45) is 0.568. The Morgan fingerprint density at radius 1 is 1.27 bits per heavy atom. The van der Waals surface area contributed by atoms with Gasteiger partial charge in [0, 0.05) is 28.3 Å². The lowest BCUT2D eigenvalue weighted by Gasteiger charge is -2.21. The van der Waals surface area contributed by atoms with Gasteiger partial charge in [-0.25, -0.2) is 9.67 Å². The third-order valence-electron chi connectivity index (χ3n) is 4.21. The van der Waals surface area contributed by atoms with E-state index in [2.05, 4.69) is 36.6 Å². The predicted octanol–water partition coefficient (Wildman–Crippen LogP) is 4.89. The summed E-state index contributed by atoms with van der Waals surface area (Å²) in [5.74, 6) is -0.190. The Balaban J connectivity index is 2.01. The van der Waals surface area contributed by atoms with E-state index in [9.17, 15) is 9.90 Å². The van der Waals surface area contributed by atoms with Gasteiger partial charge >= 0.3 is 0 Å². The number of benzene rings is 1. The maximum atomic E-state index is 13.2. The van der Waals surface area contributed by atoms with Crippen LogP contribution in [0.25, 0.3) is 5.82 Å². The fourth-order valence-corrected chi connectivity index (χ4v) is 3.92. The SMILES string of the molecule is Cc1cc(Br)cc(C(O)NC(C)C)c1NC(=O)c1cc(Cl)nn1-c1ncccc1Cl. The van der Waals surface area contributed by atoms with Gasteiger partial charge in [-0.05, 0) is 50.6 Å². The van der Waals surface area contributed by atoms with Crippen LogP contribution in [0.3, 0.4) is 0 Å². The van der Waals surface area contributed by atoms with E-state index in [1.807, 2.05) is 26.8 Å². The number of rotatable bonds is 6. The molecule has 2 aromatic heterocycles. The van der Waals surface area contributed by atoms with Gasteiger partial charge in [0.15, 0.2) is 11.0 Å². The molecule has 1 aromatic carbocycles. The summed E-state index contributed by atoms with van der Waals surface area (Å²) in [4.78, 5) is 17.3.